The number of sulfonamides is 1. The summed E-state index contributed by atoms with van der Waals surface area (Å²) in [6, 6.07) is 3.45. The molecule has 0 saturated heterocycles. The van der Waals surface area contributed by atoms with E-state index in [0.717, 1.165) is 6.07 Å². The van der Waals surface area contributed by atoms with Crippen molar-refractivity contribution in [3.63, 3.8) is 0 Å². The summed E-state index contributed by atoms with van der Waals surface area (Å²) in [5.41, 5.74) is -0.267. The number of terminal acetylenes is 1. The Balaban J connectivity index is 3.07. The van der Waals surface area contributed by atoms with Crippen molar-refractivity contribution in [3.8, 4) is 12.3 Å². The van der Waals surface area contributed by atoms with Gasteiger partial charge in [0.15, 0.2) is 0 Å². The second-order valence-corrected chi connectivity index (χ2v) is 5.47. The van der Waals surface area contributed by atoms with Gasteiger partial charge in [-0.15, -0.1) is 12.3 Å². The van der Waals surface area contributed by atoms with E-state index in [2.05, 4.69) is 10.6 Å². The Hall–Kier alpha value is -1.55. The number of carboxylic acid groups (broad SMARTS) is 1. The van der Waals surface area contributed by atoms with Crippen molar-refractivity contribution in [1.82, 2.24) is 4.72 Å². The van der Waals surface area contributed by atoms with Crippen LogP contribution in [0.2, 0.25) is 5.02 Å². The summed E-state index contributed by atoms with van der Waals surface area (Å²) >= 11 is 5.65. The maximum atomic E-state index is 11.8. The van der Waals surface area contributed by atoms with Crippen molar-refractivity contribution in [2.24, 2.45) is 0 Å². The summed E-state index contributed by atoms with van der Waals surface area (Å²) in [7, 11) is -3.77. The summed E-state index contributed by atoms with van der Waals surface area (Å²) in [6.07, 6.45) is 5.25. The van der Waals surface area contributed by atoms with E-state index >= 15 is 0 Å². The van der Waals surface area contributed by atoms with Gasteiger partial charge in [0.1, 0.15) is 0 Å². The molecule has 5 nitrogen and oxygen atoms in total. The average Bonchev–Trinajstić information content (AvgIpc) is 2.29. The Morgan fingerprint density at radius 1 is 1.50 bits per heavy atom. The molecule has 0 fully saturated rings. The Morgan fingerprint density at radius 3 is 2.72 bits per heavy atom. The summed E-state index contributed by atoms with van der Waals surface area (Å²) in [6.45, 7) is 0.0872. The topological polar surface area (TPSA) is 83.5 Å². The third-order valence-corrected chi connectivity index (χ3v) is 3.83. The minimum Gasteiger partial charge on any atom is -0.478 e. The zero-order valence-electron chi connectivity index (χ0n) is 9.18. The molecule has 0 spiro atoms. The second-order valence-electron chi connectivity index (χ2n) is 3.30. The first kappa shape index (κ1) is 14.5. The van der Waals surface area contributed by atoms with Crippen molar-refractivity contribution in [2.45, 2.75) is 11.3 Å². The highest BCUT2D eigenvalue weighted by atomic mass is 35.5. The number of carbonyl (C=O) groups is 1. The molecule has 0 aliphatic rings. The van der Waals surface area contributed by atoms with E-state index in [0.29, 0.717) is 0 Å². The fourth-order valence-electron chi connectivity index (χ4n) is 1.18. The quantitative estimate of drug-likeness (QED) is 0.632. The lowest BCUT2D eigenvalue weighted by Gasteiger charge is -2.07. The van der Waals surface area contributed by atoms with Crippen LogP contribution in [0.25, 0.3) is 0 Å². The molecule has 1 aromatic carbocycles. The number of halogens is 1. The Labute approximate surface area is 110 Å². The molecular weight excluding hydrogens is 278 g/mol. The molecule has 1 rings (SSSR count). The molecule has 18 heavy (non-hydrogen) atoms. The highest BCUT2D eigenvalue weighted by molar-refractivity contribution is 7.89. The third kappa shape index (κ3) is 3.47. The Morgan fingerprint density at radius 2 is 2.17 bits per heavy atom. The van der Waals surface area contributed by atoms with E-state index in [4.69, 9.17) is 23.1 Å². The fourth-order valence-corrected chi connectivity index (χ4v) is 2.43. The fraction of sp³-hybridized carbons (Fsp3) is 0.182. The normalized spacial score (nSPS) is 10.9. The van der Waals surface area contributed by atoms with E-state index in [1.54, 1.807) is 0 Å². The van der Waals surface area contributed by atoms with E-state index in [1.807, 2.05) is 0 Å². The Kier molecular flexibility index (Phi) is 4.73. The molecule has 0 heterocycles. The van der Waals surface area contributed by atoms with Crippen molar-refractivity contribution >= 4 is 27.6 Å². The van der Waals surface area contributed by atoms with Gasteiger partial charge in [-0.3, -0.25) is 0 Å². The van der Waals surface area contributed by atoms with Crippen molar-refractivity contribution in [3.05, 3.63) is 28.8 Å². The number of hydrogen-bond acceptors (Lipinski definition) is 3. The first-order valence-electron chi connectivity index (χ1n) is 4.84. The number of carboxylic acids is 1. The molecule has 0 amide bonds. The third-order valence-electron chi connectivity index (χ3n) is 2.04. The van der Waals surface area contributed by atoms with Gasteiger partial charge in [0.25, 0.3) is 0 Å². The van der Waals surface area contributed by atoms with E-state index in [-0.39, 0.29) is 28.4 Å². The molecule has 0 aliphatic carbocycles. The predicted molar refractivity (Wildman–Crippen MR) is 67.0 cm³/mol. The average molecular weight is 288 g/mol. The molecule has 0 aromatic heterocycles. The van der Waals surface area contributed by atoms with Gasteiger partial charge in [0.05, 0.1) is 15.5 Å². The largest absolute Gasteiger partial charge is 0.478 e. The number of rotatable bonds is 5. The summed E-state index contributed by atoms with van der Waals surface area (Å²) in [5, 5.41) is 8.82. The van der Waals surface area contributed by atoms with Crippen LogP contribution in [-0.4, -0.2) is 26.0 Å². The minimum atomic E-state index is -3.77. The predicted octanol–water partition coefficient (Wildman–Crippen LogP) is 1.34. The maximum absolute atomic E-state index is 11.8. The van der Waals surface area contributed by atoms with Crippen molar-refractivity contribution in [2.75, 3.05) is 6.54 Å². The molecular formula is C11H10ClNO4S. The van der Waals surface area contributed by atoms with Gasteiger partial charge in [0, 0.05) is 13.0 Å². The Bertz CT molecular complexity index is 604. The van der Waals surface area contributed by atoms with Gasteiger partial charge >= 0.3 is 5.97 Å². The van der Waals surface area contributed by atoms with Crippen LogP contribution in [0, 0.1) is 12.3 Å². The number of nitrogens with one attached hydrogen (secondary N) is 1. The van der Waals surface area contributed by atoms with Crippen LogP contribution in [0.5, 0.6) is 0 Å². The van der Waals surface area contributed by atoms with Crippen LogP contribution in [0.4, 0.5) is 0 Å². The number of hydrogen-bond donors (Lipinski definition) is 2. The molecule has 0 bridgehead atoms. The number of benzene rings is 1. The molecule has 0 aliphatic heterocycles. The number of aromatic carboxylic acids is 1. The first-order chi connectivity index (χ1) is 8.38. The lowest BCUT2D eigenvalue weighted by Crippen LogP contribution is -2.24. The standard InChI is InChI=1S/C11H10ClNO4S/c1-2-3-6-13-18(16,17)8-4-5-10(12)9(7-8)11(14)15/h1,4-5,7,13H,3,6H2,(H,14,15). The summed E-state index contributed by atoms with van der Waals surface area (Å²) in [4.78, 5) is 10.7. The lowest BCUT2D eigenvalue weighted by atomic mass is 10.2. The monoisotopic (exact) mass is 287 g/mol. The van der Waals surface area contributed by atoms with Crippen LogP contribution in [-0.2, 0) is 10.0 Å². The van der Waals surface area contributed by atoms with Crippen molar-refractivity contribution < 1.29 is 18.3 Å². The highest BCUT2D eigenvalue weighted by Crippen LogP contribution is 2.20. The van der Waals surface area contributed by atoms with Gasteiger partial charge in [-0.05, 0) is 18.2 Å². The van der Waals surface area contributed by atoms with E-state index in [9.17, 15) is 13.2 Å². The van der Waals surface area contributed by atoms with Gasteiger partial charge in [0.2, 0.25) is 10.0 Å². The van der Waals surface area contributed by atoms with Crippen LogP contribution in [0.1, 0.15) is 16.8 Å². The molecule has 2 N–H and O–H groups in total. The summed E-state index contributed by atoms with van der Waals surface area (Å²) in [5.74, 6) is 0.997. The van der Waals surface area contributed by atoms with Gasteiger partial charge in [-0.25, -0.2) is 17.9 Å². The maximum Gasteiger partial charge on any atom is 0.337 e. The molecule has 0 atom stereocenters. The molecule has 0 saturated carbocycles. The van der Waals surface area contributed by atoms with E-state index < -0.39 is 16.0 Å². The summed E-state index contributed by atoms with van der Waals surface area (Å²) < 4.78 is 25.8. The molecule has 1 aromatic rings. The zero-order chi connectivity index (χ0) is 13.8. The molecule has 0 unspecified atom stereocenters. The van der Waals surface area contributed by atoms with Gasteiger partial charge in [-0.2, -0.15) is 0 Å². The SMILES string of the molecule is C#CCCNS(=O)(=O)c1ccc(Cl)c(C(=O)O)c1. The van der Waals surface area contributed by atoms with Crippen LogP contribution >= 0.6 is 11.6 Å². The van der Waals surface area contributed by atoms with E-state index in [1.165, 1.54) is 12.1 Å². The van der Waals surface area contributed by atoms with Crippen molar-refractivity contribution in [1.29, 1.82) is 0 Å². The second kappa shape index (κ2) is 5.87. The van der Waals surface area contributed by atoms with Crippen LogP contribution in [0.15, 0.2) is 23.1 Å². The first-order valence-corrected chi connectivity index (χ1v) is 6.70. The van der Waals surface area contributed by atoms with Crippen LogP contribution < -0.4 is 4.72 Å². The smallest absolute Gasteiger partial charge is 0.337 e. The lowest BCUT2D eigenvalue weighted by molar-refractivity contribution is 0.0697. The van der Waals surface area contributed by atoms with Gasteiger partial charge in [-0.1, -0.05) is 11.6 Å². The van der Waals surface area contributed by atoms with Gasteiger partial charge < -0.3 is 5.11 Å². The van der Waals surface area contributed by atoms with Crippen LogP contribution in [0.3, 0.4) is 0 Å². The molecule has 96 valence electrons. The molecule has 0 radical (unpaired) electrons. The highest BCUT2D eigenvalue weighted by Gasteiger charge is 2.17. The molecule has 7 heteroatoms. The zero-order valence-corrected chi connectivity index (χ0v) is 10.8. The minimum absolute atomic E-state index is 0.0231.